The highest BCUT2D eigenvalue weighted by Crippen LogP contribution is 2.22. The highest BCUT2D eigenvalue weighted by Gasteiger charge is 2.09. The minimum atomic E-state index is 0.856. The second-order valence-corrected chi connectivity index (χ2v) is 5.08. The van der Waals surface area contributed by atoms with Gasteiger partial charge >= 0.3 is 0 Å². The summed E-state index contributed by atoms with van der Waals surface area (Å²) in [4.78, 5) is 10.8. The van der Waals surface area contributed by atoms with Crippen LogP contribution in [0.15, 0.2) is 41.3 Å². The molecule has 2 aromatic rings. The van der Waals surface area contributed by atoms with E-state index >= 15 is 0 Å². The molecule has 2 heterocycles. The lowest BCUT2D eigenvalue weighted by Gasteiger charge is -2.23. The van der Waals surface area contributed by atoms with Gasteiger partial charge in [-0.2, -0.15) is 0 Å². The van der Waals surface area contributed by atoms with Crippen molar-refractivity contribution >= 4 is 21.7 Å². The molecule has 0 saturated heterocycles. The van der Waals surface area contributed by atoms with Crippen molar-refractivity contribution in [1.29, 1.82) is 0 Å². The molecule has 94 valence electrons. The van der Waals surface area contributed by atoms with Crippen LogP contribution in [-0.2, 0) is 6.54 Å². The molecule has 0 atom stereocenters. The highest BCUT2D eigenvalue weighted by atomic mass is 79.9. The van der Waals surface area contributed by atoms with Crippen molar-refractivity contribution in [3.8, 4) is 0 Å². The first kappa shape index (κ1) is 13.0. The van der Waals surface area contributed by atoms with Gasteiger partial charge in [-0.05, 0) is 59.1 Å². The van der Waals surface area contributed by atoms with Crippen molar-refractivity contribution in [2.24, 2.45) is 0 Å². The van der Waals surface area contributed by atoms with Gasteiger partial charge in [-0.3, -0.25) is 4.98 Å². The molecule has 2 rings (SSSR count). The van der Waals surface area contributed by atoms with Crippen LogP contribution in [0.4, 0.5) is 5.82 Å². The topological polar surface area (TPSA) is 29.0 Å². The van der Waals surface area contributed by atoms with Gasteiger partial charge in [-0.25, -0.2) is 4.98 Å². The summed E-state index contributed by atoms with van der Waals surface area (Å²) in [5.41, 5.74) is 2.43. The van der Waals surface area contributed by atoms with Crippen molar-refractivity contribution < 1.29 is 0 Å². The van der Waals surface area contributed by atoms with Crippen LogP contribution in [0, 0.1) is 6.92 Å². The number of rotatable bonds is 4. The Balaban J connectivity index is 2.23. The minimum Gasteiger partial charge on any atom is -0.352 e. The van der Waals surface area contributed by atoms with Crippen molar-refractivity contribution in [2.75, 3.05) is 11.4 Å². The van der Waals surface area contributed by atoms with Gasteiger partial charge < -0.3 is 4.90 Å². The van der Waals surface area contributed by atoms with E-state index in [1.165, 1.54) is 11.1 Å². The van der Waals surface area contributed by atoms with Crippen molar-refractivity contribution in [2.45, 2.75) is 20.4 Å². The zero-order chi connectivity index (χ0) is 13.0. The Morgan fingerprint density at radius 3 is 2.61 bits per heavy atom. The molecule has 18 heavy (non-hydrogen) atoms. The third-order valence-electron chi connectivity index (χ3n) is 2.82. The maximum absolute atomic E-state index is 4.51. The van der Waals surface area contributed by atoms with Crippen LogP contribution in [0.3, 0.4) is 0 Å². The highest BCUT2D eigenvalue weighted by molar-refractivity contribution is 9.10. The molecule has 0 aliphatic rings. The average molecular weight is 306 g/mol. The van der Waals surface area contributed by atoms with E-state index in [4.69, 9.17) is 0 Å². The third-order valence-corrected chi connectivity index (χ3v) is 3.25. The molecule has 3 nitrogen and oxygen atoms in total. The summed E-state index contributed by atoms with van der Waals surface area (Å²) in [6.07, 6.45) is 5.49. The van der Waals surface area contributed by atoms with Gasteiger partial charge in [-0.15, -0.1) is 0 Å². The number of hydrogen-bond acceptors (Lipinski definition) is 3. The largest absolute Gasteiger partial charge is 0.352 e. The Morgan fingerprint density at radius 2 is 2.00 bits per heavy atom. The Bertz CT molecular complexity index is 514. The van der Waals surface area contributed by atoms with E-state index in [1.54, 1.807) is 0 Å². The molecule has 0 saturated carbocycles. The predicted octanol–water partition coefficient (Wildman–Crippen LogP) is 3.57. The second kappa shape index (κ2) is 5.96. The van der Waals surface area contributed by atoms with E-state index < -0.39 is 0 Å². The molecule has 0 amide bonds. The Kier molecular flexibility index (Phi) is 4.31. The van der Waals surface area contributed by atoms with Crippen molar-refractivity contribution in [3.63, 3.8) is 0 Å². The normalized spacial score (nSPS) is 10.4. The number of halogens is 1. The lowest BCUT2D eigenvalue weighted by atomic mass is 10.2. The molecule has 2 aromatic heterocycles. The Labute approximate surface area is 116 Å². The maximum atomic E-state index is 4.51. The van der Waals surface area contributed by atoms with Gasteiger partial charge in [0.1, 0.15) is 5.82 Å². The number of aromatic nitrogens is 2. The van der Waals surface area contributed by atoms with E-state index in [9.17, 15) is 0 Å². The van der Waals surface area contributed by atoms with Gasteiger partial charge in [0.15, 0.2) is 0 Å². The van der Waals surface area contributed by atoms with Crippen molar-refractivity contribution in [3.05, 3.63) is 52.4 Å². The average Bonchev–Trinajstić information content (AvgIpc) is 2.38. The molecule has 0 unspecified atom stereocenters. The molecule has 0 N–H and O–H groups in total. The molecule has 0 aliphatic heterocycles. The number of aryl methyl sites for hydroxylation is 1. The van der Waals surface area contributed by atoms with Crippen molar-refractivity contribution in [1.82, 2.24) is 9.97 Å². The molecule has 0 fully saturated rings. The van der Waals surface area contributed by atoms with Crippen LogP contribution >= 0.6 is 15.9 Å². The summed E-state index contributed by atoms with van der Waals surface area (Å²) >= 11 is 3.44. The van der Waals surface area contributed by atoms with Crippen LogP contribution in [0.5, 0.6) is 0 Å². The summed E-state index contributed by atoms with van der Waals surface area (Å²) in [6.45, 7) is 6.01. The van der Waals surface area contributed by atoms with E-state index in [1.807, 2.05) is 30.7 Å². The minimum absolute atomic E-state index is 0.856. The lowest BCUT2D eigenvalue weighted by Crippen LogP contribution is -2.23. The van der Waals surface area contributed by atoms with Gasteiger partial charge in [0.05, 0.1) is 0 Å². The van der Waals surface area contributed by atoms with E-state index in [0.29, 0.717) is 0 Å². The monoisotopic (exact) mass is 305 g/mol. The van der Waals surface area contributed by atoms with Gasteiger partial charge in [0.25, 0.3) is 0 Å². The lowest BCUT2D eigenvalue weighted by molar-refractivity contribution is 0.807. The SMILES string of the molecule is CCN(Cc1ccncc1)c1ncc(Br)cc1C. The van der Waals surface area contributed by atoms with Gasteiger partial charge in [0, 0.05) is 36.2 Å². The molecule has 0 radical (unpaired) electrons. The first-order chi connectivity index (χ1) is 8.70. The van der Waals surface area contributed by atoms with Crippen LogP contribution in [-0.4, -0.2) is 16.5 Å². The van der Waals surface area contributed by atoms with Crippen LogP contribution < -0.4 is 4.90 Å². The molecule has 4 heteroatoms. The quantitative estimate of drug-likeness (QED) is 0.864. The first-order valence-corrected chi connectivity index (χ1v) is 6.76. The zero-order valence-electron chi connectivity index (χ0n) is 10.6. The third kappa shape index (κ3) is 3.07. The summed E-state index contributed by atoms with van der Waals surface area (Å²) in [6, 6.07) is 6.17. The molecular formula is C14H16BrN3. The van der Waals surface area contributed by atoms with Crippen LogP contribution in [0.2, 0.25) is 0 Å². The maximum Gasteiger partial charge on any atom is 0.131 e. The summed E-state index contributed by atoms with van der Waals surface area (Å²) in [7, 11) is 0. The number of nitrogens with zero attached hydrogens (tertiary/aromatic N) is 3. The number of pyridine rings is 2. The molecule has 0 bridgehead atoms. The van der Waals surface area contributed by atoms with Gasteiger partial charge in [-0.1, -0.05) is 0 Å². The smallest absolute Gasteiger partial charge is 0.131 e. The summed E-state index contributed by atoms with van der Waals surface area (Å²) in [5.74, 6) is 1.04. The van der Waals surface area contributed by atoms with Crippen LogP contribution in [0.25, 0.3) is 0 Å². The number of hydrogen-bond donors (Lipinski definition) is 0. The van der Waals surface area contributed by atoms with Crippen LogP contribution in [0.1, 0.15) is 18.1 Å². The van der Waals surface area contributed by atoms with E-state index in [-0.39, 0.29) is 0 Å². The molecular weight excluding hydrogens is 290 g/mol. The fraction of sp³-hybridized carbons (Fsp3) is 0.286. The Morgan fingerprint density at radius 1 is 1.28 bits per heavy atom. The zero-order valence-corrected chi connectivity index (χ0v) is 12.2. The standard InChI is InChI=1S/C14H16BrN3/c1-3-18(10-12-4-6-16-7-5-12)14-11(2)8-13(15)9-17-14/h4-9H,3,10H2,1-2H3. The van der Waals surface area contributed by atoms with E-state index in [0.717, 1.165) is 23.4 Å². The van der Waals surface area contributed by atoms with Gasteiger partial charge in [0.2, 0.25) is 0 Å². The first-order valence-electron chi connectivity index (χ1n) is 5.96. The molecule has 0 aromatic carbocycles. The summed E-state index contributed by atoms with van der Waals surface area (Å²) in [5, 5.41) is 0. The molecule has 0 aliphatic carbocycles. The fourth-order valence-corrected chi connectivity index (χ4v) is 2.36. The second-order valence-electron chi connectivity index (χ2n) is 4.16. The predicted molar refractivity (Wildman–Crippen MR) is 77.6 cm³/mol. The Hall–Kier alpha value is -1.42. The summed E-state index contributed by atoms with van der Waals surface area (Å²) < 4.78 is 1.02. The molecule has 0 spiro atoms. The fourth-order valence-electron chi connectivity index (χ4n) is 1.91. The van der Waals surface area contributed by atoms with E-state index in [2.05, 4.69) is 50.7 Å². The number of anilines is 1.